The zero-order valence-electron chi connectivity index (χ0n) is 8.00. The van der Waals surface area contributed by atoms with E-state index in [9.17, 15) is 0 Å². The number of halogens is 1. The fraction of sp³-hybridized carbons (Fsp3) is 0.300. The summed E-state index contributed by atoms with van der Waals surface area (Å²) in [5, 5.41) is 7.98. The average molecular weight is 243 g/mol. The summed E-state index contributed by atoms with van der Waals surface area (Å²) in [5.74, 6) is 1.61. The standard InChI is InChI=1S/C10H11ClN2OS/c11-7-1-2-9-6(3-7)4-8(14-9)5-15-10(12)13/h1-3,8H,4-5H2,(H3,12,13). The number of nitrogens with two attached hydrogens (primary N) is 1. The van der Waals surface area contributed by atoms with Crippen LogP contribution in [-0.4, -0.2) is 17.0 Å². The number of ether oxygens (including phenoxy) is 1. The molecule has 2 rings (SSSR count). The van der Waals surface area contributed by atoms with Crippen molar-refractivity contribution in [2.24, 2.45) is 5.73 Å². The van der Waals surface area contributed by atoms with Crippen molar-refractivity contribution in [1.82, 2.24) is 0 Å². The van der Waals surface area contributed by atoms with Crippen LogP contribution in [0, 0.1) is 5.41 Å². The Morgan fingerprint density at radius 2 is 2.47 bits per heavy atom. The molecule has 1 heterocycles. The second-order valence-corrected chi connectivity index (χ2v) is 4.87. The molecule has 1 atom stereocenters. The molecule has 0 bridgehead atoms. The zero-order chi connectivity index (χ0) is 10.8. The molecule has 0 aromatic heterocycles. The number of thioether (sulfide) groups is 1. The number of amidine groups is 1. The van der Waals surface area contributed by atoms with E-state index in [-0.39, 0.29) is 11.3 Å². The maximum absolute atomic E-state index is 7.12. The molecule has 0 saturated carbocycles. The first-order chi connectivity index (χ1) is 7.15. The van der Waals surface area contributed by atoms with Gasteiger partial charge in [-0.2, -0.15) is 0 Å². The molecule has 1 aliphatic rings. The lowest BCUT2D eigenvalue weighted by atomic mass is 10.1. The lowest BCUT2D eigenvalue weighted by Gasteiger charge is -2.08. The molecule has 1 aromatic carbocycles. The van der Waals surface area contributed by atoms with Gasteiger partial charge in [0.15, 0.2) is 5.17 Å². The molecule has 1 aromatic rings. The zero-order valence-corrected chi connectivity index (χ0v) is 9.57. The summed E-state index contributed by atoms with van der Waals surface area (Å²) in [6.45, 7) is 0. The van der Waals surface area contributed by atoms with Gasteiger partial charge >= 0.3 is 0 Å². The third-order valence-electron chi connectivity index (χ3n) is 2.19. The predicted molar refractivity (Wildman–Crippen MR) is 63.9 cm³/mol. The minimum atomic E-state index is 0.104. The van der Waals surface area contributed by atoms with E-state index in [0.29, 0.717) is 5.75 Å². The minimum Gasteiger partial charge on any atom is -0.489 e. The summed E-state index contributed by atoms with van der Waals surface area (Å²) in [7, 11) is 0. The molecule has 3 nitrogen and oxygen atoms in total. The van der Waals surface area contributed by atoms with Gasteiger partial charge in [-0.1, -0.05) is 23.4 Å². The van der Waals surface area contributed by atoms with Crippen LogP contribution < -0.4 is 10.5 Å². The van der Waals surface area contributed by atoms with Gasteiger partial charge in [0.2, 0.25) is 0 Å². The van der Waals surface area contributed by atoms with E-state index >= 15 is 0 Å². The van der Waals surface area contributed by atoms with E-state index in [1.165, 1.54) is 11.8 Å². The third kappa shape index (κ3) is 2.58. The van der Waals surface area contributed by atoms with Crippen LogP contribution in [0.1, 0.15) is 5.56 Å². The lowest BCUT2D eigenvalue weighted by Crippen LogP contribution is -2.18. The number of hydrogen-bond donors (Lipinski definition) is 2. The molecule has 0 spiro atoms. The number of hydrogen-bond acceptors (Lipinski definition) is 3. The van der Waals surface area contributed by atoms with Crippen LogP contribution in [0.2, 0.25) is 5.02 Å². The van der Waals surface area contributed by atoms with E-state index in [2.05, 4.69) is 0 Å². The number of nitrogens with one attached hydrogen (secondary N) is 1. The quantitative estimate of drug-likeness (QED) is 0.618. The summed E-state index contributed by atoms with van der Waals surface area (Å²) >= 11 is 7.19. The molecule has 0 aliphatic carbocycles. The summed E-state index contributed by atoms with van der Waals surface area (Å²) in [5.41, 5.74) is 6.41. The largest absolute Gasteiger partial charge is 0.489 e. The molecule has 1 aliphatic heterocycles. The van der Waals surface area contributed by atoms with Crippen LogP contribution in [0.5, 0.6) is 5.75 Å². The summed E-state index contributed by atoms with van der Waals surface area (Å²) in [4.78, 5) is 0. The highest BCUT2D eigenvalue weighted by Crippen LogP contribution is 2.31. The van der Waals surface area contributed by atoms with E-state index in [1.54, 1.807) is 0 Å². The molecule has 1 unspecified atom stereocenters. The maximum Gasteiger partial charge on any atom is 0.151 e. The Labute approximate surface area is 97.5 Å². The molecule has 80 valence electrons. The molecule has 0 saturated heterocycles. The first-order valence-corrected chi connectivity index (χ1v) is 5.93. The van der Waals surface area contributed by atoms with Crippen LogP contribution >= 0.6 is 23.4 Å². The highest BCUT2D eigenvalue weighted by atomic mass is 35.5. The molecule has 5 heteroatoms. The van der Waals surface area contributed by atoms with Crippen molar-refractivity contribution in [2.45, 2.75) is 12.5 Å². The van der Waals surface area contributed by atoms with Crippen molar-refractivity contribution in [2.75, 3.05) is 5.75 Å². The van der Waals surface area contributed by atoms with Crippen LogP contribution in [0.4, 0.5) is 0 Å². The summed E-state index contributed by atoms with van der Waals surface area (Å²) in [6, 6.07) is 5.63. The molecule has 0 fully saturated rings. The molecule has 0 amide bonds. The van der Waals surface area contributed by atoms with Gasteiger partial charge in [-0.05, 0) is 23.8 Å². The molecule has 3 N–H and O–H groups in total. The van der Waals surface area contributed by atoms with Crippen molar-refractivity contribution in [3.8, 4) is 5.75 Å². The van der Waals surface area contributed by atoms with E-state index < -0.39 is 0 Å². The van der Waals surface area contributed by atoms with Gasteiger partial charge in [0.1, 0.15) is 11.9 Å². The predicted octanol–water partition coefficient (Wildman–Crippen LogP) is 2.27. The van der Waals surface area contributed by atoms with Crippen molar-refractivity contribution >= 4 is 28.5 Å². The van der Waals surface area contributed by atoms with Crippen molar-refractivity contribution in [3.63, 3.8) is 0 Å². The Bertz CT molecular complexity index is 397. The fourth-order valence-electron chi connectivity index (χ4n) is 1.56. The summed E-state index contributed by atoms with van der Waals surface area (Å²) < 4.78 is 5.68. The minimum absolute atomic E-state index is 0.104. The second-order valence-electron chi connectivity index (χ2n) is 3.37. The summed E-state index contributed by atoms with van der Waals surface area (Å²) in [6.07, 6.45) is 0.947. The Balaban J connectivity index is 2.00. The highest BCUT2D eigenvalue weighted by Gasteiger charge is 2.22. The Hall–Kier alpha value is -0.870. The maximum atomic E-state index is 7.12. The van der Waals surface area contributed by atoms with Gasteiger partial charge in [0.05, 0.1) is 0 Å². The third-order valence-corrected chi connectivity index (χ3v) is 3.27. The van der Waals surface area contributed by atoms with E-state index in [0.717, 1.165) is 22.8 Å². The highest BCUT2D eigenvalue weighted by molar-refractivity contribution is 8.13. The van der Waals surface area contributed by atoms with Crippen LogP contribution in [-0.2, 0) is 6.42 Å². The van der Waals surface area contributed by atoms with Crippen LogP contribution in [0.3, 0.4) is 0 Å². The number of rotatable bonds is 2. The van der Waals surface area contributed by atoms with E-state index in [1.807, 2.05) is 18.2 Å². The van der Waals surface area contributed by atoms with Crippen LogP contribution in [0.15, 0.2) is 18.2 Å². The van der Waals surface area contributed by atoms with Gasteiger partial charge in [0.25, 0.3) is 0 Å². The van der Waals surface area contributed by atoms with Gasteiger partial charge < -0.3 is 10.5 Å². The first kappa shape index (κ1) is 10.6. The first-order valence-electron chi connectivity index (χ1n) is 4.57. The molecule has 15 heavy (non-hydrogen) atoms. The van der Waals surface area contributed by atoms with E-state index in [4.69, 9.17) is 27.5 Å². The SMILES string of the molecule is N=C(N)SCC1Cc2cc(Cl)ccc2O1. The Kier molecular flexibility index (Phi) is 3.07. The molecular weight excluding hydrogens is 232 g/mol. The second kappa shape index (κ2) is 4.33. The smallest absolute Gasteiger partial charge is 0.151 e. The fourth-order valence-corrected chi connectivity index (χ4v) is 2.31. The number of benzene rings is 1. The van der Waals surface area contributed by atoms with Gasteiger partial charge in [-0.3, -0.25) is 5.41 Å². The monoisotopic (exact) mass is 242 g/mol. The Morgan fingerprint density at radius 3 is 3.20 bits per heavy atom. The van der Waals surface area contributed by atoms with Crippen molar-refractivity contribution in [3.05, 3.63) is 28.8 Å². The number of fused-ring (bicyclic) bond motifs is 1. The van der Waals surface area contributed by atoms with Crippen molar-refractivity contribution < 1.29 is 4.74 Å². The lowest BCUT2D eigenvalue weighted by molar-refractivity contribution is 0.259. The normalized spacial score (nSPS) is 18.3. The topological polar surface area (TPSA) is 59.1 Å². The van der Waals surface area contributed by atoms with Gasteiger partial charge in [-0.25, -0.2) is 0 Å². The Morgan fingerprint density at radius 1 is 1.67 bits per heavy atom. The molecular formula is C10H11ClN2OS. The van der Waals surface area contributed by atoms with Gasteiger partial charge in [0, 0.05) is 17.2 Å². The van der Waals surface area contributed by atoms with Gasteiger partial charge in [-0.15, -0.1) is 0 Å². The van der Waals surface area contributed by atoms with Crippen molar-refractivity contribution in [1.29, 1.82) is 5.41 Å². The molecule has 0 radical (unpaired) electrons. The average Bonchev–Trinajstić information content (AvgIpc) is 2.56. The van der Waals surface area contributed by atoms with Crippen LogP contribution in [0.25, 0.3) is 0 Å².